The van der Waals surface area contributed by atoms with Gasteiger partial charge in [0.05, 0.1) is 6.54 Å². The van der Waals surface area contributed by atoms with Crippen LogP contribution in [0.5, 0.6) is 5.75 Å². The molecular weight excluding hydrogens is 678 g/mol. The van der Waals surface area contributed by atoms with Crippen LogP contribution in [0.4, 0.5) is 0 Å². The topological polar surface area (TPSA) is 260 Å². The van der Waals surface area contributed by atoms with Crippen molar-refractivity contribution in [3.8, 4) is 5.75 Å². The van der Waals surface area contributed by atoms with Crippen molar-refractivity contribution in [2.75, 3.05) is 6.54 Å². The maximum Gasteiger partial charge on any atom is 0.245 e. The summed E-state index contributed by atoms with van der Waals surface area (Å²) in [6, 6.07) is 15.8. The number of aromatic amines is 1. The number of guanidine groups is 1. The minimum atomic E-state index is -1.17. The van der Waals surface area contributed by atoms with Crippen LogP contribution in [-0.2, 0) is 43.2 Å². The summed E-state index contributed by atoms with van der Waals surface area (Å²) in [5.41, 5.74) is 19.6. The molecule has 4 atom stereocenters. The van der Waals surface area contributed by atoms with Gasteiger partial charge in [-0.25, -0.2) is 4.99 Å². The maximum absolute atomic E-state index is 13.6. The Bertz CT molecular complexity index is 1890. The van der Waals surface area contributed by atoms with E-state index < -0.39 is 60.2 Å². The molecule has 1 heterocycles. The van der Waals surface area contributed by atoms with Gasteiger partial charge in [-0.3, -0.25) is 24.0 Å². The van der Waals surface area contributed by atoms with E-state index in [1.54, 1.807) is 42.6 Å². The number of hydrogen-bond donors (Lipinski definition) is 9. The molecule has 4 rings (SSSR count). The Morgan fingerprint density at radius 3 is 2.10 bits per heavy atom. The molecule has 0 aliphatic rings. The predicted molar refractivity (Wildman–Crippen MR) is 192 cm³/mol. The van der Waals surface area contributed by atoms with Gasteiger partial charge < -0.3 is 48.6 Å². The van der Waals surface area contributed by atoms with Gasteiger partial charge in [0.1, 0.15) is 29.9 Å². The highest BCUT2D eigenvalue weighted by Gasteiger charge is 2.28. The zero-order valence-corrected chi connectivity index (χ0v) is 28.4. The molecule has 12 N–H and O–H groups in total. The summed E-state index contributed by atoms with van der Waals surface area (Å²) in [6.07, 6.45) is 1.93. The number of para-hydroxylation sites is 1. The van der Waals surface area contributed by atoms with Gasteiger partial charge in [0.2, 0.25) is 29.5 Å². The number of H-pyrrole nitrogens is 1. The molecule has 268 valence electrons. The Morgan fingerprint density at radius 2 is 1.43 bits per heavy atom. The fourth-order valence-corrected chi connectivity index (χ4v) is 5.38. The SMILES string of the molecule is C[C@H](NC(=O)[C@H](Cc1ccc(O)cc1)N=C(N)N)C(=O)NCC(=O)N[C@@H](Cc1c[nH]c2ccccc12)C(=O)N[C@@H](Cc1ccc(Cl)cc1)C(N)=O. The van der Waals surface area contributed by atoms with Gasteiger partial charge >= 0.3 is 0 Å². The first-order chi connectivity index (χ1) is 24.3. The van der Waals surface area contributed by atoms with E-state index in [0.717, 1.165) is 16.5 Å². The minimum absolute atomic E-state index is 0.0433. The molecule has 0 bridgehead atoms. The second kappa shape index (κ2) is 17.5. The summed E-state index contributed by atoms with van der Waals surface area (Å²) in [7, 11) is 0. The van der Waals surface area contributed by atoms with Crippen LogP contribution in [-0.4, -0.2) is 76.3 Å². The molecule has 0 spiro atoms. The maximum atomic E-state index is 13.6. The number of nitrogens with one attached hydrogen (secondary N) is 5. The number of rotatable bonds is 16. The van der Waals surface area contributed by atoms with E-state index in [9.17, 15) is 29.1 Å². The number of amides is 5. The number of aromatic hydroxyl groups is 1. The predicted octanol–water partition coefficient (Wildman–Crippen LogP) is 0.273. The molecule has 0 aliphatic carbocycles. The molecule has 0 aliphatic heterocycles. The smallest absolute Gasteiger partial charge is 0.245 e. The molecule has 4 aromatic rings. The molecule has 15 nitrogen and oxygen atoms in total. The largest absolute Gasteiger partial charge is 0.508 e. The average Bonchev–Trinajstić information content (AvgIpc) is 3.50. The quantitative estimate of drug-likeness (QED) is 0.0573. The van der Waals surface area contributed by atoms with Crippen LogP contribution >= 0.6 is 11.6 Å². The van der Waals surface area contributed by atoms with E-state index in [2.05, 4.69) is 31.2 Å². The Hall–Kier alpha value is -6.09. The van der Waals surface area contributed by atoms with Crippen LogP contribution in [0.3, 0.4) is 0 Å². The summed E-state index contributed by atoms with van der Waals surface area (Å²) in [5, 5.41) is 21.1. The lowest BCUT2D eigenvalue weighted by atomic mass is 10.0. The number of carbonyl (C=O) groups excluding carboxylic acids is 5. The van der Waals surface area contributed by atoms with Crippen molar-refractivity contribution in [3.05, 3.63) is 101 Å². The Labute approximate surface area is 298 Å². The Morgan fingerprint density at radius 1 is 0.784 bits per heavy atom. The van der Waals surface area contributed by atoms with E-state index in [4.69, 9.17) is 28.8 Å². The van der Waals surface area contributed by atoms with Crippen LogP contribution in [0.25, 0.3) is 10.9 Å². The van der Waals surface area contributed by atoms with Gasteiger partial charge in [-0.05, 0) is 53.9 Å². The average molecular weight is 718 g/mol. The number of hydrogen-bond acceptors (Lipinski definition) is 7. The zero-order chi connectivity index (χ0) is 37.1. The normalized spacial score (nSPS) is 13.2. The summed E-state index contributed by atoms with van der Waals surface area (Å²) in [4.78, 5) is 72.1. The number of phenols is 1. The zero-order valence-electron chi connectivity index (χ0n) is 27.7. The second-order valence-electron chi connectivity index (χ2n) is 11.9. The molecule has 0 fully saturated rings. The first kappa shape index (κ1) is 37.7. The third-order valence-corrected chi connectivity index (χ3v) is 8.16. The van der Waals surface area contributed by atoms with Gasteiger partial charge in [0.15, 0.2) is 5.96 Å². The van der Waals surface area contributed by atoms with Crippen molar-refractivity contribution in [1.29, 1.82) is 0 Å². The van der Waals surface area contributed by atoms with E-state index in [1.165, 1.54) is 19.1 Å². The van der Waals surface area contributed by atoms with Crippen LogP contribution < -0.4 is 38.5 Å². The standard InChI is InChI=1S/C35H40ClN9O6/c1-19(42-33(50)28(45-35(38)39)15-21-8-12-24(46)13-9-21)32(49)41-18-30(47)43-29(16-22-17-40-26-5-3-2-4-25(22)26)34(51)44-27(31(37)48)14-20-6-10-23(36)11-7-20/h2-13,17,19,27-29,40,46H,14-16,18H2,1H3,(H2,37,48)(H,41,49)(H,42,50)(H,43,47)(H,44,51)(H4,38,39,45)/t19-,27-,28-,29-/m0/s1. The number of halogens is 1. The van der Waals surface area contributed by atoms with Crippen molar-refractivity contribution in [2.24, 2.45) is 22.2 Å². The molecular formula is C35H40ClN9O6. The highest BCUT2D eigenvalue weighted by Crippen LogP contribution is 2.20. The lowest BCUT2D eigenvalue weighted by Gasteiger charge is -2.22. The lowest BCUT2D eigenvalue weighted by molar-refractivity contribution is -0.132. The third-order valence-electron chi connectivity index (χ3n) is 7.91. The Balaban J connectivity index is 1.40. The molecule has 0 radical (unpaired) electrons. The molecule has 5 amide bonds. The van der Waals surface area contributed by atoms with Crippen molar-refractivity contribution >= 4 is 58.0 Å². The minimum Gasteiger partial charge on any atom is -0.508 e. The van der Waals surface area contributed by atoms with Crippen molar-refractivity contribution in [3.63, 3.8) is 0 Å². The summed E-state index contributed by atoms with van der Waals surface area (Å²) >= 11 is 5.97. The first-order valence-electron chi connectivity index (χ1n) is 15.9. The molecule has 16 heteroatoms. The van der Waals surface area contributed by atoms with Gasteiger partial charge in [-0.2, -0.15) is 0 Å². The molecule has 51 heavy (non-hydrogen) atoms. The second-order valence-corrected chi connectivity index (χ2v) is 12.3. The van der Waals surface area contributed by atoms with Crippen LogP contribution in [0.2, 0.25) is 5.02 Å². The number of primary amides is 1. The number of phenolic OH excluding ortho intramolecular Hbond substituents is 1. The van der Waals surface area contributed by atoms with Crippen LogP contribution in [0, 0.1) is 0 Å². The highest BCUT2D eigenvalue weighted by atomic mass is 35.5. The fraction of sp³-hybridized carbons (Fsp3) is 0.257. The molecule has 1 aromatic heterocycles. The Kier molecular flexibility index (Phi) is 13.0. The van der Waals surface area contributed by atoms with E-state index >= 15 is 0 Å². The first-order valence-corrected chi connectivity index (χ1v) is 16.3. The third kappa shape index (κ3) is 11.2. The fourth-order valence-electron chi connectivity index (χ4n) is 5.25. The molecule has 0 saturated heterocycles. The molecule has 3 aromatic carbocycles. The number of fused-ring (bicyclic) bond motifs is 1. The number of nitrogens with zero attached hydrogens (tertiary/aromatic N) is 1. The van der Waals surface area contributed by atoms with Gasteiger partial charge in [0.25, 0.3) is 0 Å². The van der Waals surface area contributed by atoms with Crippen LogP contribution in [0.15, 0.2) is 84.0 Å². The monoisotopic (exact) mass is 717 g/mol. The number of aromatic nitrogens is 1. The van der Waals surface area contributed by atoms with Crippen molar-refractivity contribution < 1.29 is 29.1 Å². The summed E-state index contributed by atoms with van der Waals surface area (Å²) in [5.74, 6) is -3.78. The number of benzene rings is 3. The van der Waals surface area contributed by atoms with Gasteiger partial charge in [0, 0.05) is 41.4 Å². The number of carbonyl (C=O) groups is 5. The number of nitrogens with two attached hydrogens (primary N) is 3. The van der Waals surface area contributed by atoms with E-state index in [0.29, 0.717) is 16.1 Å². The van der Waals surface area contributed by atoms with Crippen molar-refractivity contribution in [2.45, 2.75) is 50.4 Å². The van der Waals surface area contributed by atoms with E-state index in [-0.39, 0.29) is 31.0 Å². The number of aliphatic imine (C=N–C) groups is 1. The lowest BCUT2D eigenvalue weighted by Crippen LogP contribution is -2.56. The summed E-state index contributed by atoms with van der Waals surface area (Å²) < 4.78 is 0. The molecule has 0 unspecified atom stereocenters. The van der Waals surface area contributed by atoms with E-state index in [1.807, 2.05) is 24.3 Å². The van der Waals surface area contributed by atoms with Gasteiger partial charge in [-0.15, -0.1) is 0 Å². The van der Waals surface area contributed by atoms with Gasteiger partial charge in [-0.1, -0.05) is 54.1 Å². The summed E-state index contributed by atoms with van der Waals surface area (Å²) in [6.45, 7) is 0.877. The van der Waals surface area contributed by atoms with Crippen LogP contribution in [0.1, 0.15) is 23.6 Å². The molecule has 0 saturated carbocycles. The highest BCUT2D eigenvalue weighted by molar-refractivity contribution is 6.30. The van der Waals surface area contributed by atoms with Crippen molar-refractivity contribution in [1.82, 2.24) is 26.3 Å².